The second kappa shape index (κ2) is 10.4. The van der Waals surface area contributed by atoms with E-state index in [1.807, 2.05) is 6.07 Å². The fourth-order valence-electron chi connectivity index (χ4n) is 2.93. The molecule has 2 heterocycles. The van der Waals surface area contributed by atoms with Crippen LogP contribution in [0, 0.1) is 18.2 Å². The Morgan fingerprint density at radius 2 is 2.12 bits per heavy atom. The first-order chi connectivity index (χ1) is 14.9. The maximum absolute atomic E-state index is 12.6. The topological polar surface area (TPSA) is 135 Å². The zero-order valence-electron chi connectivity index (χ0n) is 18.0. The molecular formula is C21H26ClFN4O4S. The minimum Gasteiger partial charge on any atom is -0.386 e. The lowest BCUT2D eigenvalue weighted by atomic mass is 9.94. The van der Waals surface area contributed by atoms with Crippen molar-refractivity contribution in [2.24, 2.45) is 5.73 Å². The number of ether oxygens (including phenoxy) is 1. The number of aromatic nitrogens is 1. The summed E-state index contributed by atoms with van der Waals surface area (Å²) in [6, 6.07) is 6.57. The Hall–Kier alpha value is -2.56. The van der Waals surface area contributed by atoms with Gasteiger partial charge in [0.05, 0.1) is 29.7 Å². The fourth-order valence-corrected chi connectivity index (χ4v) is 4.63. The Bertz CT molecular complexity index is 1110. The Kier molecular flexibility index (Phi) is 8.33. The van der Waals surface area contributed by atoms with E-state index in [0.29, 0.717) is 29.4 Å². The quantitative estimate of drug-likeness (QED) is 0.327. The van der Waals surface area contributed by atoms with Gasteiger partial charge in [-0.25, -0.2) is 12.8 Å². The van der Waals surface area contributed by atoms with E-state index in [-0.39, 0.29) is 29.9 Å². The van der Waals surface area contributed by atoms with Crippen LogP contribution < -0.4 is 11.1 Å². The molecule has 3 rings (SSSR count). The number of pyridine rings is 1. The number of aryl methyl sites for hydroxylation is 1. The molecule has 1 aromatic heterocycles. The smallest absolute Gasteiger partial charge is 0.211 e. The highest BCUT2D eigenvalue weighted by Gasteiger charge is 2.40. The van der Waals surface area contributed by atoms with Gasteiger partial charge in [0.1, 0.15) is 16.4 Å². The van der Waals surface area contributed by atoms with E-state index >= 15 is 0 Å². The lowest BCUT2D eigenvalue weighted by Gasteiger charge is -2.30. The van der Waals surface area contributed by atoms with Gasteiger partial charge in [0.2, 0.25) is 6.41 Å². The van der Waals surface area contributed by atoms with Crippen LogP contribution >= 0.6 is 11.6 Å². The molecule has 1 aromatic carbocycles. The van der Waals surface area contributed by atoms with E-state index in [0.717, 1.165) is 11.1 Å². The Morgan fingerprint density at radius 1 is 1.44 bits per heavy atom. The largest absolute Gasteiger partial charge is 0.386 e. The highest BCUT2D eigenvalue weighted by molar-refractivity contribution is 7.93. The van der Waals surface area contributed by atoms with Crippen LogP contribution in [0.25, 0.3) is 0 Å². The molecule has 0 bridgehead atoms. The van der Waals surface area contributed by atoms with E-state index in [4.69, 9.17) is 27.5 Å². The van der Waals surface area contributed by atoms with Crippen molar-refractivity contribution in [3.05, 3.63) is 58.1 Å². The standard InChI is InChI=1S/C15H21N3O4S.C6H5ClFN/c1-15(2,14(16)17)23(20,21)8-11-7-22-6-10-3-4-12(18-9-19)5-13(10)11;1-4-6(8)2-5(7)3-9-4/h3-5,9,11H,6-8H2,1-2H3,(H3,16,17)(H,18,19);2-3H,1H3. The molecule has 8 nitrogen and oxygen atoms in total. The molecule has 1 aliphatic rings. The first-order valence-corrected chi connectivity index (χ1v) is 11.7. The van der Waals surface area contributed by atoms with Gasteiger partial charge < -0.3 is 15.8 Å². The van der Waals surface area contributed by atoms with E-state index in [2.05, 4.69) is 10.3 Å². The normalized spacial score (nSPS) is 15.7. The number of nitrogens with two attached hydrogens (primary N) is 1. The van der Waals surface area contributed by atoms with Gasteiger partial charge in [0.25, 0.3) is 0 Å². The predicted octanol–water partition coefficient (Wildman–Crippen LogP) is 3.18. The number of fused-ring (bicyclic) bond motifs is 1. The lowest BCUT2D eigenvalue weighted by Crippen LogP contribution is -2.47. The molecule has 0 aliphatic carbocycles. The number of amides is 1. The molecule has 2 aromatic rings. The van der Waals surface area contributed by atoms with Crippen molar-refractivity contribution < 1.29 is 22.3 Å². The lowest BCUT2D eigenvalue weighted by molar-refractivity contribution is -0.105. The average Bonchev–Trinajstić information content (AvgIpc) is 2.71. The second-order valence-electron chi connectivity index (χ2n) is 7.81. The summed E-state index contributed by atoms with van der Waals surface area (Å²) in [5.41, 5.74) is 8.16. The number of anilines is 1. The zero-order valence-corrected chi connectivity index (χ0v) is 19.6. The molecule has 0 saturated heterocycles. The molecule has 174 valence electrons. The predicted molar refractivity (Wildman–Crippen MR) is 122 cm³/mol. The second-order valence-corrected chi connectivity index (χ2v) is 10.8. The summed E-state index contributed by atoms with van der Waals surface area (Å²) in [4.78, 5) is 14.3. The molecule has 1 aliphatic heterocycles. The van der Waals surface area contributed by atoms with Crippen molar-refractivity contribution in [3.8, 4) is 0 Å². The summed E-state index contributed by atoms with van der Waals surface area (Å²) in [5.74, 6) is -1.28. The first-order valence-electron chi connectivity index (χ1n) is 9.64. The average molecular weight is 485 g/mol. The van der Waals surface area contributed by atoms with E-state index < -0.39 is 14.6 Å². The number of nitrogens with one attached hydrogen (secondary N) is 2. The number of benzene rings is 1. The van der Waals surface area contributed by atoms with Crippen molar-refractivity contribution in [2.75, 3.05) is 17.7 Å². The summed E-state index contributed by atoms with van der Waals surface area (Å²) in [6.07, 6.45) is 1.99. The summed E-state index contributed by atoms with van der Waals surface area (Å²) >= 11 is 5.41. The van der Waals surface area contributed by atoms with Gasteiger partial charge in [-0.2, -0.15) is 0 Å². The Labute approximate surface area is 191 Å². The molecule has 4 N–H and O–H groups in total. The van der Waals surface area contributed by atoms with E-state index in [1.165, 1.54) is 26.1 Å². The van der Waals surface area contributed by atoms with Crippen LogP contribution in [0.3, 0.4) is 0 Å². The monoisotopic (exact) mass is 484 g/mol. The Balaban J connectivity index is 0.000000336. The number of hydrogen-bond acceptors (Lipinski definition) is 6. The highest BCUT2D eigenvalue weighted by atomic mass is 35.5. The van der Waals surface area contributed by atoms with Gasteiger partial charge in [0, 0.05) is 17.8 Å². The summed E-state index contributed by atoms with van der Waals surface area (Å²) < 4.78 is 41.8. The van der Waals surface area contributed by atoms with Gasteiger partial charge in [0.15, 0.2) is 9.84 Å². The maximum atomic E-state index is 12.6. The third kappa shape index (κ3) is 6.02. The van der Waals surface area contributed by atoms with E-state index in [1.54, 1.807) is 19.1 Å². The van der Waals surface area contributed by atoms with Crippen LogP contribution in [0.2, 0.25) is 5.02 Å². The van der Waals surface area contributed by atoms with Gasteiger partial charge in [-0.05, 0) is 50.1 Å². The minimum absolute atomic E-state index is 0.170. The van der Waals surface area contributed by atoms with Crippen molar-refractivity contribution in [1.82, 2.24) is 4.98 Å². The molecule has 1 atom stereocenters. The number of carbonyl (C=O) groups excluding carboxylic acids is 1. The van der Waals surface area contributed by atoms with Crippen LogP contribution in [-0.2, 0) is 26.0 Å². The fraction of sp³-hybridized carbons (Fsp3) is 0.381. The SMILES string of the molecule is CC(C)(C(=N)N)S(=O)(=O)CC1COCc2ccc(NC=O)cc21.Cc1ncc(Cl)cc1F. The number of carbonyl (C=O) groups is 1. The number of nitrogens with zero attached hydrogens (tertiary/aromatic N) is 1. The van der Waals surface area contributed by atoms with Crippen LogP contribution in [0.5, 0.6) is 0 Å². The third-order valence-electron chi connectivity index (χ3n) is 5.23. The molecule has 1 amide bonds. The molecule has 1 unspecified atom stereocenters. The number of sulfone groups is 1. The van der Waals surface area contributed by atoms with Crippen molar-refractivity contribution in [3.63, 3.8) is 0 Å². The number of rotatable bonds is 6. The first kappa shape index (κ1) is 25.7. The number of halogens is 2. The molecule has 0 saturated carbocycles. The molecule has 32 heavy (non-hydrogen) atoms. The number of hydrogen-bond donors (Lipinski definition) is 3. The van der Waals surface area contributed by atoms with Gasteiger partial charge >= 0.3 is 0 Å². The highest BCUT2D eigenvalue weighted by Crippen LogP contribution is 2.32. The van der Waals surface area contributed by atoms with Gasteiger partial charge in [-0.15, -0.1) is 0 Å². The van der Waals surface area contributed by atoms with Gasteiger partial charge in [-0.3, -0.25) is 15.2 Å². The molecule has 0 radical (unpaired) electrons. The minimum atomic E-state index is -3.65. The molecular weight excluding hydrogens is 459 g/mol. The van der Waals surface area contributed by atoms with E-state index in [9.17, 15) is 17.6 Å². The summed E-state index contributed by atoms with van der Waals surface area (Å²) in [6.45, 7) is 5.12. The summed E-state index contributed by atoms with van der Waals surface area (Å²) in [5, 5.41) is 10.4. The van der Waals surface area contributed by atoms with Crippen LogP contribution in [0.1, 0.15) is 36.6 Å². The Morgan fingerprint density at radius 3 is 2.69 bits per heavy atom. The van der Waals surface area contributed by atoms with Crippen molar-refractivity contribution in [2.45, 2.75) is 38.0 Å². The molecule has 11 heteroatoms. The van der Waals surface area contributed by atoms with Crippen molar-refractivity contribution in [1.29, 1.82) is 5.41 Å². The number of amidine groups is 1. The molecule has 0 fully saturated rings. The maximum Gasteiger partial charge on any atom is 0.211 e. The van der Waals surface area contributed by atoms with Gasteiger partial charge in [-0.1, -0.05) is 17.7 Å². The van der Waals surface area contributed by atoms with Crippen LogP contribution in [-0.4, -0.2) is 42.8 Å². The van der Waals surface area contributed by atoms with Crippen LogP contribution in [0.15, 0.2) is 30.5 Å². The molecule has 0 spiro atoms. The zero-order chi connectivity index (χ0) is 24.1. The summed E-state index contributed by atoms with van der Waals surface area (Å²) in [7, 11) is -3.65. The van der Waals surface area contributed by atoms with Crippen molar-refractivity contribution >= 4 is 39.4 Å². The van der Waals surface area contributed by atoms with Crippen LogP contribution in [0.4, 0.5) is 10.1 Å². The third-order valence-corrected chi connectivity index (χ3v) is 8.05.